The molecule has 0 radical (unpaired) electrons. The molecule has 7 heteroatoms. The van der Waals surface area contributed by atoms with Crippen molar-refractivity contribution in [2.24, 2.45) is 4.99 Å². The predicted octanol–water partition coefficient (Wildman–Crippen LogP) is 2.56. The van der Waals surface area contributed by atoms with E-state index in [0.717, 1.165) is 4.57 Å². The molecule has 7 nitrogen and oxygen atoms in total. The number of ether oxygens (including phenoxy) is 2. The van der Waals surface area contributed by atoms with Crippen molar-refractivity contribution in [3.8, 4) is 17.2 Å². The Morgan fingerprint density at radius 3 is 2.09 bits per heavy atom. The Balaban J connectivity index is 2.02. The average molecular weight is 438 g/mol. The van der Waals surface area contributed by atoms with E-state index in [1.807, 2.05) is 0 Å². The summed E-state index contributed by atoms with van der Waals surface area (Å²) in [7, 11) is 3.05. The number of fused-ring (bicyclic) bond motifs is 1. The molecule has 0 bridgehead atoms. The monoisotopic (exact) mass is 438 g/mol. The van der Waals surface area contributed by atoms with Crippen molar-refractivity contribution in [2.45, 2.75) is 0 Å². The molecule has 0 unspecified atom stereocenters. The number of methoxy groups -OCH3 is 2. The van der Waals surface area contributed by atoms with Gasteiger partial charge in [-0.2, -0.15) is 0 Å². The topological polar surface area (TPSA) is 87.0 Å². The summed E-state index contributed by atoms with van der Waals surface area (Å²) in [6, 6.07) is 20.4. The number of hydrogen-bond acceptors (Lipinski definition) is 6. The van der Waals surface area contributed by atoms with E-state index in [-0.39, 0.29) is 15.8 Å². The molecule has 33 heavy (non-hydrogen) atoms. The van der Waals surface area contributed by atoms with Crippen molar-refractivity contribution >= 4 is 16.5 Å². The second kappa shape index (κ2) is 7.87. The van der Waals surface area contributed by atoms with Crippen LogP contribution in [0.15, 0.2) is 92.2 Å². The molecule has 1 aliphatic carbocycles. The third-order valence-corrected chi connectivity index (χ3v) is 5.61. The van der Waals surface area contributed by atoms with E-state index in [1.165, 1.54) is 7.11 Å². The molecule has 3 aromatic carbocycles. The molecule has 0 aromatic heterocycles. The maximum Gasteiger partial charge on any atom is 0.270 e. The van der Waals surface area contributed by atoms with Gasteiger partial charge in [-0.05, 0) is 24.3 Å². The van der Waals surface area contributed by atoms with Gasteiger partial charge in [-0.25, -0.2) is 9.56 Å². The molecule has 0 saturated heterocycles. The highest BCUT2D eigenvalue weighted by Crippen LogP contribution is 2.31. The van der Waals surface area contributed by atoms with Gasteiger partial charge in [-0.15, -0.1) is 0 Å². The molecule has 3 aromatic rings. The molecule has 0 fully saturated rings. The number of aromatic nitrogens is 1. The minimum Gasteiger partial charge on any atom is -0.497 e. The second-order valence-electron chi connectivity index (χ2n) is 7.40. The van der Waals surface area contributed by atoms with E-state index < -0.39 is 16.5 Å². The van der Waals surface area contributed by atoms with Crippen molar-refractivity contribution in [2.75, 3.05) is 14.2 Å². The lowest BCUT2D eigenvalue weighted by Crippen LogP contribution is -2.26. The molecule has 0 spiro atoms. The van der Waals surface area contributed by atoms with Crippen molar-refractivity contribution in [1.29, 1.82) is 0 Å². The van der Waals surface area contributed by atoms with E-state index >= 15 is 0 Å². The van der Waals surface area contributed by atoms with Crippen molar-refractivity contribution in [1.82, 2.24) is 4.57 Å². The first kappa shape index (κ1) is 20.4. The number of hydrogen-bond donors (Lipinski definition) is 0. The fourth-order valence-corrected chi connectivity index (χ4v) is 4.04. The number of para-hydroxylation sites is 1. The largest absolute Gasteiger partial charge is 0.497 e. The third kappa shape index (κ3) is 3.13. The second-order valence-corrected chi connectivity index (χ2v) is 7.40. The van der Waals surface area contributed by atoms with Gasteiger partial charge < -0.3 is 9.47 Å². The Labute approximate surface area is 186 Å². The van der Waals surface area contributed by atoms with Crippen molar-refractivity contribution in [3.63, 3.8) is 0 Å². The highest BCUT2D eigenvalue weighted by Gasteiger charge is 2.19. The van der Waals surface area contributed by atoms with Crippen LogP contribution in [-0.2, 0) is 0 Å². The van der Waals surface area contributed by atoms with Gasteiger partial charge in [0, 0.05) is 16.8 Å². The van der Waals surface area contributed by atoms with Crippen LogP contribution >= 0.6 is 0 Å². The average Bonchev–Trinajstić information content (AvgIpc) is 3.12. The van der Waals surface area contributed by atoms with Gasteiger partial charge in [-0.3, -0.25) is 14.4 Å². The van der Waals surface area contributed by atoms with Crippen LogP contribution in [0.1, 0.15) is 0 Å². The lowest BCUT2D eigenvalue weighted by atomic mass is 10.1. The Kier molecular flexibility index (Phi) is 4.86. The Bertz CT molecular complexity index is 1800. The molecule has 1 aliphatic heterocycles. The first-order valence-corrected chi connectivity index (χ1v) is 10.2. The van der Waals surface area contributed by atoms with Gasteiger partial charge in [0.1, 0.15) is 22.4 Å². The zero-order valence-corrected chi connectivity index (χ0v) is 17.9. The molecule has 0 saturated carbocycles. The molecule has 0 atom stereocenters. The SMILES string of the molecule is COc1ccc(/N=c2/c3c(=O)n(-c4ccccc4)c(=O)c=3c(=O)c3ccccc23)c(OC)c1. The zero-order chi connectivity index (χ0) is 23.1. The van der Waals surface area contributed by atoms with Crippen molar-refractivity contribution in [3.05, 3.63) is 120 Å². The van der Waals surface area contributed by atoms with Crippen LogP contribution in [0, 0.1) is 10.4 Å². The summed E-state index contributed by atoms with van der Waals surface area (Å²) in [6.07, 6.45) is 0. The summed E-state index contributed by atoms with van der Waals surface area (Å²) in [5.41, 5.74) is -0.911. The molecule has 162 valence electrons. The molecule has 2 aliphatic rings. The van der Waals surface area contributed by atoms with Gasteiger partial charge in [0.25, 0.3) is 11.1 Å². The van der Waals surface area contributed by atoms with Crippen LogP contribution in [0.4, 0.5) is 5.69 Å². The van der Waals surface area contributed by atoms with Crippen LogP contribution in [0.5, 0.6) is 11.5 Å². The fourth-order valence-electron chi connectivity index (χ4n) is 4.04. The van der Waals surface area contributed by atoms with Crippen LogP contribution in [0.25, 0.3) is 16.5 Å². The molecule has 0 N–H and O–H groups in total. The lowest BCUT2D eigenvalue weighted by molar-refractivity contribution is 0.395. The quantitative estimate of drug-likeness (QED) is 0.431. The van der Waals surface area contributed by atoms with E-state index in [0.29, 0.717) is 33.6 Å². The maximum atomic E-state index is 13.5. The van der Waals surface area contributed by atoms with E-state index in [9.17, 15) is 14.4 Å². The first-order valence-electron chi connectivity index (χ1n) is 10.2. The number of nitrogens with zero attached hydrogens (tertiary/aromatic N) is 2. The molecular formula is C26H18N2O5. The number of rotatable bonds is 4. The summed E-state index contributed by atoms with van der Waals surface area (Å²) in [5, 5.41) is 0.869. The zero-order valence-electron chi connectivity index (χ0n) is 17.9. The minimum absolute atomic E-state index is 0.00887. The van der Waals surface area contributed by atoms with Gasteiger partial charge in [0.15, 0.2) is 5.43 Å². The van der Waals surface area contributed by atoms with Gasteiger partial charge in [0.2, 0.25) is 0 Å². The lowest BCUT2D eigenvalue weighted by Gasteiger charge is -2.07. The summed E-state index contributed by atoms with van der Waals surface area (Å²) < 4.78 is 11.7. The van der Waals surface area contributed by atoms with Gasteiger partial charge in [0.05, 0.1) is 30.5 Å². The van der Waals surface area contributed by atoms with Gasteiger partial charge in [-0.1, -0.05) is 42.5 Å². The summed E-state index contributed by atoms with van der Waals surface area (Å²) in [5.74, 6) is 1.01. The smallest absolute Gasteiger partial charge is 0.270 e. The van der Waals surface area contributed by atoms with Crippen LogP contribution in [0.3, 0.4) is 0 Å². The molecular weight excluding hydrogens is 420 g/mol. The Morgan fingerprint density at radius 2 is 1.39 bits per heavy atom. The number of benzene rings is 3. The Hall–Kier alpha value is -4.52. The predicted molar refractivity (Wildman–Crippen MR) is 125 cm³/mol. The minimum atomic E-state index is -0.657. The Morgan fingerprint density at radius 1 is 0.727 bits per heavy atom. The summed E-state index contributed by atoms with van der Waals surface area (Å²) in [4.78, 5) is 44.8. The third-order valence-electron chi connectivity index (χ3n) is 5.61. The standard InChI is InChI=1S/C26H18N2O5/c1-32-16-12-13-19(20(14-16)33-2)27-23-17-10-6-7-11-18(17)24(29)22-21(23)25(30)28(26(22)31)15-8-4-3-5-9-15/h3-14H,1-2H3/b27-23+. The highest BCUT2D eigenvalue weighted by molar-refractivity contribution is 5.82. The summed E-state index contributed by atoms with van der Waals surface area (Å²) >= 11 is 0. The van der Waals surface area contributed by atoms with Crippen LogP contribution in [0.2, 0.25) is 0 Å². The normalized spacial score (nSPS) is 11.9. The van der Waals surface area contributed by atoms with Crippen LogP contribution in [-0.4, -0.2) is 18.8 Å². The first-order chi connectivity index (χ1) is 16.0. The van der Waals surface area contributed by atoms with Crippen LogP contribution < -0.4 is 31.4 Å². The highest BCUT2D eigenvalue weighted by atomic mass is 16.5. The molecule has 0 amide bonds. The van der Waals surface area contributed by atoms with E-state index in [4.69, 9.17) is 14.5 Å². The van der Waals surface area contributed by atoms with E-state index in [1.54, 1.807) is 79.9 Å². The fraction of sp³-hybridized carbons (Fsp3) is 0.0769. The van der Waals surface area contributed by atoms with Gasteiger partial charge >= 0.3 is 0 Å². The summed E-state index contributed by atoms with van der Waals surface area (Å²) in [6.45, 7) is 0. The molecule has 1 heterocycles. The van der Waals surface area contributed by atoms with E-state index in [2.05, 4.69) is 0 Å². The van der Waals surface area contributed by atoms with Crippen molar-refractivity contribution < 1.29 is 9.47 Å². The maximum absolute atomic E-state index is 13.5. The molecule has 5 rings (SSSR count).